The van der Waals surface area contributed by atoms with Gasteiger partial charge < -0.3 is 20.1 Å². The summed E-state index contributed by atoms with van der Waals surface area (Å²) < 4.78 is 12.9. The van der Waals surface area contributed by atoms with Gasteiger partial charge in [0.15, 0.2) is 11.5 Å². The highest BCUT2D eigenvalue weighted by molar-refractivity contribution is 5.77. The van der Waals surface area contributed by atoms with E-state index in [9.17, 15) is 4.79 Å². The molecule has 8 nitrogen and oxygen atoms in total. The molecule has 0 aliphatic heterocycles. The molecule has 0 spiro atoms. The third-order valence-electron chi connectivity index (χ3n) is 4.20. The lowest BCUT2D eigenvalue weighted by atomic mass is 10.0. The predicted molar refractivity (Wildman–Crippen MR) is 98.6 cm³/mol. The molecule has 0 saturated heterocycles. The van der Waals surface area contributed by atoms with Crippen molar-refractivity contribution in [1.29, 1.82) is 0 Å². The molecule has 1 unspecified atom stereocenters. The van der Waals surface area contributed by atoms with Crippen LogP contribution < -0.4 is 10.6 Å². The van der Waals surface area contributed by atoms with Crippen LogP contribution in [0.1, 0.15) is 19.0 Å². The van der Waals surface area contributed by atoms with Crippen LogP contribution in [0.5, 0.6) is 0 Å². The molecule has 0 fully saturated rings. The summed E-state index contributed by atoms with van der Waals surface area (Å²) in [7, 11) is 3.32. The molecular weight excluding hydrogens is 334 g/mol. The van der Waals surface area contributed by atoms with Gasteiger partial charge in [-0.25, -0.2) is 9.97 Å². The summed E-state index contributed by atoms with van der Waals surface area (Å²) in [5.41, 5.74) is 2.71. The van der Waals surface area contributed by atoms with Gasteiger partial charge in [-0.3, -0.25) is 9.20 Å². The summed E-state index contributed by atoms with van der Waals surface area (Å²) in [6, 6.07) is 0. The second-order valence-electron chi connectivity index (χ2n) is 5.89. The summed E-state index contributed by atoms with van der Waals surface area (Å²) in [6.07, 6.45) is 10.2. The number of carbonyl (C=O) groups excluding carboxylic acids is 1. The van der Waals surface area contributed by atoms with Crippen molar-refractivity contribution in [2.45, 2.75) is 19.4 Å². The number of fused-ring (bicyclic) bond motifs is 1. The zero-order valence-corrected chi connectivity index (χ0v) is 15.2. The summed E-state index contributed by atoms with van der Waals surface area (Å²) in [4.78, 5) is 19.8. The molecule has 1 aliphatic carbocycles. The molecule has 0 aromatic carbocycles. The van der Waals surface area contributed by atoms with E-state index in [0.29, 0.717) is 18.9 Å². The molecule has 2 N–H and O–H groups in total. The topological polar surface area (TPSA) is 89.8 Å². The fraction of sp³-hybridized carbons (Fsp3) is 0.389. The van der Waals surface area contributed by atoms with E-state index in [1.54, 1.807) is 20.4 Å². The van der Waals surface area contributed by atoms with E-state index in [2.05, 4.69) is 26.7 Å². The standard InChI is InChI=1S/C18H23N5O3/c1-12(24)19-6-7-20-17-18-22-11-14(23(18)9-8-21-17)13-4-5-15(25-2)16(10-13)26-3/h4,8-11,15H,5-7H2,1-3H3,(H,19,24)(H,20,21). The van der Waals surface area contributed by atoms with Gasteiger partial charge in [0.05, 0.1) is 19.0 Å². The SMILES string of the molecule is COC1=CC(c2cnc3c(NCCNC(C)=O)nccn23)=CCC1OC. The smallest absolute Gasteiger partial charge is 0.216 e. The van der Waals surface area contributed by atoms with Crippen LogP contribution in [0.3, 0.4) is 0 Å². The van der Waals surface area contributed by atoms with Gasteiger partial charge >= 0.3 is 0 Å². The molecule has 1 atom stereocenters. The number of hydrogen-bond acceptors (Lipinski definition) is 6. The third-order valence-corrected chi connectivity index (χ3v) is 4.20. The van der Waals surface area contributed by atoms with E-state index in [0.717, 1.165) is 29.1 Å². The average Bonchev–Trinajstić information content (AvgIpc) is 3.09. The number of nitrogens with one attached hydrogen (secondary N) is 2. The van der Waals surface area contributed by atoms with Crippen LogP contribution in [0.2, 0.25) is 0 Å². The molecule has 138 valence electrons. The Morgan fingerprint density at radius 3 is 2.92 bits per heavy atom. The Morgan fingerprint density at radius 1 is 1.35 bits per heavy atom. The first-order valence-corrected chi connectivity index (χ1v) is 8.43. The van der Waals surface area contributed by atoms with E-state index >= 15 is 0 Å². The van der Waals surface area contributed by atoms with Crippen molar-refractivity contribution < 1.29 is 14.3 Å². The van der Waals surface area contributed by atoms with Crippen LogP contribution in [-0.4, -0.2) is 53.7 Å². The van der Waals surface area contributed by atoms with E-state index in [4.69, 9.17) is 9.47 Å². The minimum atomic E-state index is -0.0596. The monoisotopic (exact) mass is 357 g/mol. The lowest BCUT2D eigenvalue weighted by molar-refractivity contribution is -0.118. The number of anilines is 1. The molecule has 2 aromatic rings. The summed E-state index contributed by atoms with van der Waals surface area (Å²) in [5.74, 6) is 1.41. The third kappa shape index (κ3) is 3.70. The molecule has 26 heavy (non-hydrogen) atoms. The highest BCUT2D eigenvalue weighted by atomic mass is 16.5. The maximum absolute atomic E-state index is 10.9. The second kappa shape index (κ2) is 8.01. The first kappa shape index (κ1) is 17.9. The number of rotatable bonds is 7. The Hall–Kier alpha value is -2.87. The zero-order chi connectivity index (χ0) is 18.5. The minimum absolute atomic E-state index is 0.0552. The van der Waals surface area contributed by atoms with Gasteiger partial charge in [0.25, 0.3) is 0 Å². The molecular formula is C18H23N5O3. The Kier molecular flexibility index (Phi) is 5.52. The van der Waals surface area contributed by atoms with Gasteiger partial charge in [-0.15, -0.1) is 0 Å². The molecule has 1 amide bonds. The fourth-order valence-electron chi connectivity index (χ4n) is 2.91. The number of ether oxygens (including phenoxy) is 2. The van der Waals surface area contributed by atoms with Crippen molar-refractivity contribution in [2.24, 2.45) is 0 Å². The largest absolute Gasteiger partial charge is 0.498 e. The fourth-order valence-corrected chi connectivity index (χ4v) is 2.91. The lowest BCUT2D eigenvalue weighted by Gasteiger charge is -2.21. The van der Waals surface area contributed by atoms with Crippen LogP contribution in [0.4, 0.5) is 5.82 Å². The predicted octanol–water partition coefficient (Wildman–Crippen LogP) is 1.61. The van der Waals surface area contributed by atoms with E-state index in [1.807, 2.05) is 22.9 Å². The van der Waals surface area contributed by atoms with Crippen LogP contribution in [0.25, 0.3) is 11.2 Å². The van der Waals surface area contributed by atoms with Crippen molar-refractivity contribution in [1.82, 2.24) is 19.7 Å². The van der Waals surface area contributed by atoms with E-state index in [1.165, 1.54) is 6.92 Å². The van der Waals surface area contributed by atoms with Gasteiger partial charge in [0.2, 0.25) is 5.91 Å². The molecule has 2 aromatic heterocycles. The number of amides is 1. The lowest BCUT2D eigenvalue weighted by Crippen LogP contribution is -2.26. The van der Waals surface area contributed by atoms with Crippen LogP contribution in [0.15, 0.2) is 36.5 Å². The Labute approximate surface area is 151 Å². The number of nitrogens with zero attached hydrogens (tertiary/aromatic N) is 3. The highest BCUT2D eigenvalue weighted by Gasteiger charge is 2.20. The summed E-state index contributed by atoms with van der Waals surface area (Å²) in [6.45, 7) is 2.59. The number of aromatic nitrogens is 3. The second-order valence-corrected chi connectivity index (χ2v) is 5.89. The van der Waals surface area contributed by atoms with Crippen molar-refractivity contribution >= 4 is 22.9 Å². The van der Waals surface area contributed by atoms with Crippen LogP contribution >= 0.6 is 0 Å². The van der Waals surface area contributed by atoms with Crippen LogP contribution in [-0.2, 0) is 14.3 Å². The number of methoxy groups -OCH3 is 2. The Morgan fingerprint density at radius 2 is 2.19 bits per heavy atom. The highest BCUT2D eigenvalue weighted by Crippen LogP contribution is 2.28. The van der Waals surface area contributed by atoms with Gasteiger partial charge in [0.1, 0.15) is 11.9 Å². The van der Waals surface area contributed by atoms with E-state index < -0.39 is 0 Å². The molecule has 8 heteroatoms. The minimum Gasteiger partial charge on any atom is -0.498 e. The van der Waals surface area contributed by atoms with Crippen molar-refractivity contribution in [3.8, 4) is 0 Å². The number of hydrogen-bond donors (Lipinski definition) is 2. The van der Waals surface area contributed by atoms with E-state index in [-0.39, 0.29) is 12.0 Å². The number of imidazole rings is 1. The maximum Gasteiger partial charge on any atom is 0.216 e. The maximum atomic E-state index is 10.9. The normalized spacial score (nSPS) is 16.8. The average molecular weight is 357 g/mol. The quantitative estimate of drug-likeness (QED) is 0.732. The number of allylic oxidation sites excluding steroid dienone is 2. The van der Waals surface area contributed by atoms with Crippen LogP contribution in [0, 0.1) is 0 Å². The Bertz CT molecular complexity index is 856. The number of carbonyl (C=O) groups is 1. The first-order chi connectivity index (χ1) is 12.6. The molecule has 0 radical (unpaired) electrons. The summed E-state index contributed by atoms with van der Waals surface area (Å²) >= 11 is 0. The van der Waals surface area contributed by atoms with Crippen molar-refractivity contribution in [3.63, 3.8) is 0 Å². The van der Waals surface area contributed by atoms with Gasteiger partial charge in [0, 0.05) is 39.5 Å². The first-order valence-electron chi connectivity index (χ1n) is 8.43. The van der Waals surface area contributed by atoms with Gasteiger partial charge in [-0.05, 0) is 18.1 Å². The summed E-state index contributed by atoms with van der Waals surface area (Å²) in [5, 5.41) is 5.95. The van der Waals surface area contributed by atoms with Crippen molar-refractivity contribution in [2.75, 3.05) is 32.6 Å². The molecule has 0 saturated carbocycles. The van der Waals surface area contributed by atoms with Gasteiger partial charge in [-0.2, -0.15) is 0 Å². The molecule has 3 rings (SSSR count). The molecule has 1 aliphatic rings. The van der Waals surface area contributed by atoms with Crippen molar-refractivity contribution in [3.05, 3.63) is 42.2 Å². The Balaban J connectivity index is 1.83. The van der Waals surface area contributed by atoms with Gasteiger partial charge in [-0.1, -0.05) is 6.08 Å². The zero-order valence-electron chi connectivity index (χ0n) is 15.2. The molecule has 0 bridgehead atoms. The molecule has 2 heterocycles.